The molecule has 0 saturated heterocycles. The number of hydrogen-bond donors (Lipinski definition) is 0. The predicted octanol–water partition coefficient (Wildman–Crippen LogP) is 6.41. The summed E-state index contributed by atoms with van der Waals surface area (Å²) >= 11 is 12.3. The van der Waals surface area contributed by atoms with Gasteiger partial charge < -0.3 is 9.47 Å². The van der Waals surface area contributed by atoms with Gasteiger partial charge in [0, 0.05) is 34.3 Å². The van der Waals surface area contributed by atoms with E-state index < -0.39 is 0 Å². The van der Waals surface area contributed by atoms with Crippen LogP contribution in [0.1, 0.15) is 32.6 Å². The van der Waals surface area contributed by atoms with Crippen molar-refractivity contribution < 1.29 is 18.7 Å². The molecule has 4 nitrogen and oxygen atoms in total. The zero-order valence-electron chi connectivity index (χ0n) is 17.1. The van der Waals surface area contributed by atoms with E-state index in [0.717, 1.165) is 22.4 Å². The summed E-state index contributed by atoms with van der Waals surface area (Å²) < 4.78 is 25.4. The van der Waals surface area contributed by atoms with Gasteiger partial charge in [-0.25, -0.2) is 4.39 Å². The molecular formula is C25H18Cl2FNO3. The Morgan fingerprint density at radius 2 is 1.97 bits per heavy atom. The first-order valence-electron chi connectivity index (χ1n) is 10.0. The maximum absolute atomic E-state index is 13.5. The van der Waals surface area contributed by atoms with E-state index in [9.17, 15) is 9.18 Å². The lowest BCUT2D eigenvalue weighted by Crippen LogP contribution is -2.32. The molecular weight excluding hydrogens is 452 g/mol. The van der Waals surface area contributed by atoms with E-state index in [1.807, 2.05) is 19.1 Å². The molecule has 0 saturated carbocycles. The number of rotatable bonds is 3. The van der Waals surface area contributed by atoms with Gasteiger partial charge in [0.05, 0.1) is 5.56 Å². The van der Waals surface area contributed by atoms with E-state index in [4.69, 9.17) is 32.7 Å². The zero-order valence-corrected chi connectivity index (χ0v) is 18.6. The third kappa shape index (κ3) is 3.88. The fourth-order valence-corrected chi connectivity index (χ4v) is 4.50. The lowest BCUT2D eigenvalue weighted by atomic mass is 10.00. The molecule has 2 aliphatic rings. The predicted molar refractivity (Wildman–Crippen MR) is 122 cm³/mol. The Morgan fingerprint density at radius 1 is 1.12 bits per heavy atom. The number of hydrogen-bond acceptors (Lipinski definition) is 4. The van der Waals surface area contributed by atoms with Gasteiger partial charge in [-0.3, -0.25) is 9.69 Å². The van der Waals surface area contributed by atoms with Gasteiger partial charge in [-0.1, -0.05) is 41.4 Å². The van der Waals surface area contributed by atoms with Crippen LogP contribution in [-0.4, -0.2) is 17.4 Å². The lowest BCUT2D eigenvalue weighted by Gasteiger charge is -2.30. The molecule has 2 heterocycles. The second-order valence-corrected chi connectivity index (χ2v) is 8.70. The van der Waals surface area contributed by atoms with Crippen molar-refractivity contribution in [3.05, 3.63) is 98.0 Å². The van der Waals surface area contributed by atoms with Crippen LogP contribution in [0.4, 0.5) is 4.39 Å². The summed E-state index contributed by atoms with van der Waals surface area (Å²) in [7, 11) is 0. The molecule has 0 aliphatic carbocycles. The molecule has 2 aliphatic heterocycles. The zero-order chi connectivity index (χ0) is 22.4. The summed E-state index contributed by atoms with van der Waals surface area (Å²) in [6.07, 6.45) is 1.56. The fraction of sp³-hybridized carbons (Fsp3) is 0.160. The monoisotopic (exact) mass is 469 g/mol. The highest BCUT2D eigenvalue weighted by molar-refractivity contribution is 6.35. The number of ketones is 1. The van der Waals surface area contributed by atoms with Crippen LogP contribution in [-0.2, 0) is 13.1 Å². The summed E-state index contributed by atoms with van der Waals surface area (Å²) in [6.45, 7) is 3.44. The Kier molecular flexibility index (Phi) is 5.41. The molecule has 3 aromatic rings. The molecule has 0 fully saturated rings. The maximum Gasteiger partial charge on any atom is 0.231 e. The summed E-state index contributed by atoms with van der Waals surface area (Å²) in [4.78, 5) is 15.1. The number of nitrogens with zero attached hydrogens (tertiary/aromatic N) is 1. The average Bonchev–Trinajstić information content (AvgIpc) is 3.06. The molecule has 5 rings (SSSR count). The molecule has 7 heteroatoms. The average molecular weight is 470 g/mol. The smallest absolute Gasteiger partial charge is 0.231 e. The number of halogens is 3. The van der Waals surface area contributed by atoms with Crippen molar-refractivity contribution in [2.45, 2.75) is 20.0 Å². The molecule has 162 valence electrons. The molecule has 0 spiro atoms. The highest BCUT2D eigenvalue weighted by Crippen LogP contribution is 2.43. The summed E-state index contributed by atoms with van der Waals surface area (Å²) in [6, 6.07) is 13.3. The molecule has 0 atom stereocenters. The van der Waals surface area contributed by atoms with E-state index in [1.54, 1.807) is 30.3 Å². The Morgan fingerprint density at radius 3 is 2.75 bits per heavy atom. The Hall–Kier alpha value is -2.86. The van der Waals surface area contributed by atoms with Gasteiger partial charge in [0.2, 0.25) is 5.78 Å². The highest BCUT2D eigenvalue weighted by atomic mass is 35.5. The highest BCUT2D eigenvalue weighted by Gasteiger charge is 2.33. The fourth-order valence-electron chi connectivity index (χ4n) is 4.04. The number of benzene rings is 3. The van der Waals surface area contributed by atoms with Crippen LogP contribution in [0.2, 0.25) is 10.0 Å². The molecule has 3 aromatic carbocycles. The van der Waals surface area contributed by atoms with Crippen LogP contribution in [0, 0.1) is 12.7 Å². The van der Waals surface area contributed by atoms with Gasteiger partial charge >= 0.3 is 0 Å². The van der Waals surface area contributed by atoms with Crippen LogP contribution in [0.25, 0.3) is 6.08 Å². The van der Waals surface area contributed by atoms with Crippen molar-refractivity contribution in [1.29, 1.82) is 0 Å². The Labute approximate surface area is 194 Å². The number of ether oxygens (including phenoxy) is 2. The normalized spacial score (nSPS) is 16.5. The third-order valence-corrected chi connectivity index (χ3v) is 6.14. The maximum atomic E-state index is 13.5. The minimum absolute atomic E-state index is 0.167. The van der Waals surface area contributed by atoms with Gasteiger partial charge in [0.25, 0.3) is 0 Å². The minimum Gasteiger partial charge on any atom is -0.477 e. The van der Waals surface area contributed by atoms with E-state index in [2.05, 4.69) is 4.90 Å². The van der Waals surface area contributed by atoms with Crippen molar-refractivity contribution in [3.8, 4) is 11.5 Å². The first-order chi connectivity index (χ1) is 15.4. The Bertz CT molecular complexity index is 1290. The van der Waals surface area contributed by atoms with Crippen LogP contribution in [0.5, 0.6) is 11.5 Å². The first-order valence-corrected chi connectivity index (χ1v) is 10.8. The number of fused-ring (bicyclic) bond motifs is 2. The number of carbonyl (C=O) groups excluding carboxylic acids is 1. The van der Waals surface area contributed by atoms with Crippen molar-refractivity contribution in [2.24, 2.45) is 0 Å². The summed E-state index contributed by atoms with van der Waals surface area (Å²) in [5.74, 6) is 0.782. The third-order valence-electron chi connectivity index (χ3n) is 5.56. The van der Waals surface area contributed by atoms with E-state index >= 15 is 0 Å². The summed E-state index contributed by atoms with van der Waals surface area (Å²) in [5.41, 5.74) is 3.67. The van der Waals surface area contributed by atoms with Gasteiger partial charge in [-0.05, 0) is 54.5 Å². The molecule has 0 unspecified atom stereocenters. The molecule has 0 radical (unpaired) electrons. The van der Waals surface area contributed by atoms with Crippen LogP contribution < -0.4 is 9.47 Å². The standard InChI is InChI=1S/C25H18Cl2FNO3/c1-14-24-17(12-29(13-31-24)11-16-5-6-18(26)10-21(16)27)9-20-23(30)22(32-25(14)20)8-15-3-2-4-19(28)7-15/h2-10H,11-13H2,1H3/b22-8-. The van der Waals surface area contributed by atoms with Gasteiger partial charge in [0.1, 0.15) is 24.0 Å². The minimum atomic E-state index is -0.372. The number of Topliss-reactive ketones (excluding diaryl/α,β-unsaturated/α-hetero) is 1. The largest absolute Gasteiger partial charge is 0.477 e. The van der Waals surface area contributed by atoms with Gasteiger partial charge in [-0.15, -0.1) is 0 Å². The van der Waals surface area contributed by atoms with Crippen molar-refractivity contribution in [2.75, 3.05) is 6.73 Å². The number of carbonyl (C=O) groups is 1. The van der Waals surface area contributed by atoms with E-state index in [-0.39, 0.29) is 17.4 Å². The molecule has 0 bridgehead atoms. The first kappa shape index (κ1) is 21.0. The number of allylic oxidation sites excluding steroid dienone is 1. The van der Waals surface area contributed by atoms with Gasteiger partial charge in [0.15, 0.2) is 5.76 Å². The molecule has 0 N–H and O–H groups in total. The summed E-state index contributed by atoms with van der Waals surface area (Å²) in [5, 5.41) is 1.19. The quantitative estimate of drug-likeness (QED) is 0.415. The Balaban J connectivity index is 1.42. The topological polar surface area (TPSA) is 38.8 Å². The molecule has 32 heavy (non-hydrogen) atoms. The lowest BCUT2D eigenvalue weighted by molar-refractivity contribution is 0.0877. The van der Waals surface area contributed by atoms with Crippen LogP contribution >= 0.6 is 23.2 Å². The van der Waals surface area contributed by atoms with Crippen molar-refractivity contribution in [3.63, 3.8) is 0 Å². The van der Waals surface area contributed by atoms with Crippen LogP contribution in [0.3, 0.4) is 0 Å². The van der Waals surface area contributed by atoms with Crippen molar-refractivity contribution >= 4 is 35.1 Å². The second-order valence-electron chi connectivity index (χ2n) is 7.86. The molecule has 0 amide bonds. The van der Waals surface area contributed by atoms with Gasteiger partial charge in [-0.2, -0.15) is 0 Å². The second kappa shape index (κ2) is 8.24. The SMILES string of the molecule is Cc1c2c(cc3c1O/C(=C\c1cccc(F)c1)C3=O)CN(Cc1ccc(Cl)cc1Cl)CO2. The van der Waals surface area contributed by atoms with E-state index in [0.29, 0.717) is 46.7 Å². The van der Waals surface area contributed by atoms with Crippen molar-refractivity contribution in [1.82, 2.24) is 4.90 Å². The van der Waals surface area contributed by atoms with Crippen LogP contribution in [0.15, 0.2) is 54.3 Å². The van der Waals surface area contributed by atoms with E-state index in [1.165, 1.54) is 12.1 Å². The molecule has 0 aromatic heterocycles.